The molecule has 6 heteroatoms. The van der Waals surface area contributed by atoms with Crippen LogP contribution >= 0.6 is 0 Å². The van der Waals surface area contributed by atoms with Gasteiger partial charge in [0.1, 0.15) is 0 Å². The normalized spacial score (nSPS) is 18.1. The summed E-state index contributed by atoms with van der Waals surface area (Å²) in [4.78, 5) is 11.9. The number of hydrogen-bond acceptors (Lipinski definition) is 4. The molecule has 0 atom stereocenters. The summed E-state index contributed by atoms with van der Waals surface area (Å²) in [5.74, 6) is 1.38. The Kier molecular flexibility index (Phi) is 3.41. The highest BCUT2D eigenvalue weighted by atomic mass is 16.7. The van der Waals surface area contributed by atoms with E-state index in [9.17, 15) is 4.79 Å². The second-order valence-electron chi connectivity index (χ2n) is 4.69. The van der Waals surface area contributed by atoms with Gasteiger partial charge in [0.2, 0.25) is 6.79 Å². The van der Waals surface area contributed by atoms with Crippen LogP contribution in [0, 0.1) is 0 Å². The van der Waals surface area contributed by atoms with Gasteiger partial charge in [-0.15, -0.1) is 0 Å². The maximum Gasteiger partial charge on any atom is 0.319 e. The van der Waals surface area contributed by atoms with E-state index < -0.39 is 0 Å². The van der Waals surface area contributed by atoms with E-state index >= 15 is 0 Å². The summed E-state index contributed by atoms with van der Waals surface area (Å²) in [7, 11) is 0. The van der Waals surface area contributed by atoms with Gasteiger partial charge in [-0.2, -0.15) is 0 Å². The molecular weight excluding hydrogens is 246 g/mol. The van der Waals surface area contributed by atoms with Gasteiger partial charge in [-0.3, -0.25) is 0 Å². The number of piperidine rings is 1. The molecule has 0 spiro atoms. The van der Waals surface area contributed by atoms with E-state index in [1.165, 1.54) is 0 Å². The van der Waals surface area contributed by atoms with Crippen LogP contribution in [0.4, 0.5) is 10.5 Å². The summed E-state index contributed by atoms with van der Waals surface area (Å²) in [6.45, 7) is 2.14. The van der Waals surface area contributed by atoms with Crippen LogP contribution in [0.5, 0.6) is 11.5 Å². The molecule has 0 unspecified atom stereocenters. The molecule has 1 aromatic carbocycles. The summed E-state index contributed by atoms with van der Waals surface area (Å²) in [5.41, 5.74) is 0.704. The third-order valence-corrected chi connectivity index (χ3v) is 3.30. The van der Waals surface area contributed by atoms with Crippen LogP contribution in [0.2, 0.25) is 0 Å². The second-order valence-corrected chi connectivity index (χ2v) is 4.69. The summed E-state index contributed by atoms with van der Waals surface area (Å²) < 4.78 is 10.5. The Morgan fingerprint density at radius 2 is 2.00 bits per heavy atom. The van der Waals surface area contributed by atoms with Gasteiger partial charge in [-0.25, -0.2) is 4.79 Å². The molecule has 0 aromatic heterocycles. The van der Waals surface area contributed by atoms with Crippen molar-refractivity contribution < 1.29 is 14.3 Å². The van der Waals surface area contributed by atoms with Gasteiger partial charge in [-0.05, 0) is 38.1 Å². The van der Waals surface area contributed by atoms with Crippen molar-refractivity contribution in [2.75, 3.05) is 25.2 Å². The van der Waals surface area contributed by atoms with Crippen molar-refractivity contribution in [2.24, 2.45) is 0 Å². The summed E-state index contributed by atoms with van der Waals surface area (Å²) >= 11 is 0. The third kappa shape index (κ3) is 2.90. The van der Waals surface area contributed by atoms with E-state index in [0.717, 1.165) is 25.9 Å². The van der Waals surface area contributed by atoms with E-state index in [1.54, 1.807) is 18.2 Å². The van der Waals surface area contributed by atoms with Gasteiger partial charge < -0.3 is 25.4 Å². The zero-order valence-electron chi connectivity index (χ0n) is 10.6. The Morgan fingerprint density at radius 3 is 2.84 bits per heavy atom. The molecule has 1 fully saturated rings. The third-order valence-electron chi connectivity index (χ3n) is 3.30. The predicted molar refractivity (Wildman–Crippen MR) is 70.6 cm³/mol. The number of fused-ring (bicyclic) bond motifs is 1. The van der Waals surface area contributed by atoms with Gasteiger partial charge >= 0.3 is 6.03 Å². The second kappa shape index (κ2) is 5.36. The summed E-state index contributed by atoms with van der Waals surface area (Å²) in [5, 5.41) is 9.05. The topological polar surface area (TPSA) is 71.6 Å². The highest BCUT2D eigenvalue weighted by Gasteiger charge is 2.17. The summed E-state index contributed by atoms with van der Waals surface area (Å²) in [6.07, 6.45) is 1.93. The lowest BCUT2D eigenvalue weighted by Gasteiger charge is -2.23. The fourth-order valence-electron chi connectivity index (χ4n) is 2.29. The van der Waals surface area contributed by atoms with Crippen LogP contribution in [0.3, 0.4) is 0 Å². The van der Waals surface area contributed by atoms with Crippen molar-refractivity contribution >= 4 is 11.7 Å². The zero-order chi connectivity index (χ0) is 13.1. The Bertz CT molecular complexity index is 472. The van der Waals surface area contributed by atoms with Crippen LogP contribution in [0.15, 0.2) is 18.2 Å². The van der Waals surface area contributed by atoms with Crippen molar-refractivity contribution in [3.05, 3.63) is 18.2 Å². The highest BCUT2D eigenvalue weighted by Crippen LogP contribution is 2.34. The smallest absolute Gasteiger partial charge is 0.319 e. The van der Waals surface area contributed by atoms with Crippen molar-refractivity contribution in [3.63, 3.8) is 0 Å². The highest BCUT2D eigenvalue weighted by molar-refractivity contribution is 5.89. The first-order valence-electron chi connectivity index (χ1n) is 6.49. The first kappa shape index (κ1) is 12.1. The maximum atomic E-state index is 11.9. The maximum absolute atomic E-state index is 11.9. The molecule has 19 heavy (non-hydrogen) atoms. The van der Waals surface area contributed by atoms with E-state index in [2.05, 4.69) is 16.0 Å². The fourth-order valence-corrected chi connectivity index (χ4v) is 2.29. The van der Waals surface area contributed by atoms with Gasteiger partial charge in [0.25, 0.3) is 0 Å². The molecule has 2 aliphatic rings. The molecule has 6 nitrogen and oxygen atoms in total. The van der Waals surface area contributed by atoms with Gasteiger partial charge in [0, 0.05) is 17.8 Å². The molecule has 0 bridgehead atoms. The van der Waals surface area contributed by atoms with E-state index in [4.69, 9.17) is 9.47 Å². The van der Waals surface area contributed by atoms with Gasteiger partial charge in [-0.1, -0.05) is 0 Å². The number of benzene rings is 1. The van der Waals surface area contributed by atoms with Crippen LogP contribution in [0.25, 0.3) is 0 Å². The van der Waals surface area contributed by atoms with Crippen LogP contribution in [0.1, 0.15) is 12.8 Å². The number of rotatable bonds is 2. The molecule has 1 saturated heterocycles. The first-order valence-corrected chi connectivity index (χ1v) is 6.49. The van der Waals surface area contributed by atoms with Crippen LogP contribution < -0.4 is 25.4 Å². The molecule has 2 heterocycles. The fraction of sp³-hybridized carbons (Fsp3) is 0.462. The molecule has 0 radical (unpaired) electrons. The summed E-state index contributed by atoms with van der Waals surface area (Å²) in [6, 6.07) is 5.43. The number of ether oxygens (including phenoxy) is 2. The van der Waals surface area contributed by atoms with Crippen molar-refractivity contribution in [1.29, 1.82) is 0 Å². The molecule has 0 saturated carbocycles. The van der Waals surface area contributed by atoms with Gasteiger partial charge in [0.15, 0.2) is 11.5 Å². The first-order chi connectivity index (χ1) is 9.31. The van der Waals surface area contributed by atoms with Crippen molar-refractivity contribution in [1.82, 2.24) is 10.6 Å². The Hall–Kier alpha value is -1.95. The minimum absolute atomic E-state index is 0.175. The minimum atomic E-state index is -0.175. The molecule has 2 aliphatic heterocycles. The number of hydrogen-bond donors (Lipinski definition) is 3. The number of carbonyl (C=O) groups is 1. The lowest BCUT2D eigenvalue weighted by Crippen LogP contribution is -2.44. The van der Waals surface area contributed by atoms with E-state index in [0.29, 0.717) is 17.2 Å². The Morgan fingerprint density at radius 1 is 1.21 bits per heavy atom. The number of anilines is 1. The predicted octanol–water partition coefficient (Wildman–Crippen LogP) is 1.29. The Labute approximate surface area is 111 Å². The molecule has 3 N–H and O–H groups in total. The lowest BCUT2D eigenvalue weighted by atomic mass is 10.1. The van der Waals surface area contributed by atoms with Crippen LogP contribution in [-0.4, -0.2) is 32.0 Å². The molecule has 0 aliphatic carbocycles. The number of nitrogens with one attached hydrogen (secondary N) is 3. The van der Waals surface area contributed by atoms with Crippen molar-refractivity contribution in [3.8, 4) is 11.5 Å². The average Bonchev–Trinajstić information content (AvgIpc) is 2.87. The molecule has 2 amide bonds. The quantitative estimate of drug-likeness (QED) is 0.752. The van der Waals surface area contributed by atoms with Crippen molar-refractivity contribution in [2.45, 2.75) is 18.9 Å². The molecule has 1 aromatic rings. The monoisotopic (exact) mass is 263 g/mol. The van der Waals surface area contributed by atoms with E-state index in [-0.39, 0.29) is 18.9 Å². The Balaban J connectivity index is 1.56. The average molecular weight is 263 g/mol. The molecule has 3 rings (SSSR count). The molecule has 102 valence electrons. The van der Waals surface area contributed by atoms with Gasteiger partial charge in [0.05, 0.1) is 0 Å². The van der Waals surface area contributed by atoms with Crippen LogP contribution in [-0.2, 0) is 0 Å². The lowest BCUT2D eigenvalue weighted by molar-refractivity contribution is 0.174. The molecular formula is C13H17N3O3. The minimum Gasteiger partial charge on any atom is -0.454 e. The SMILES string of the molecule is O=C(Nc1ccc2c(c1)OCO2)NC1CCNCC1. The zero-order valence-corrected chi connectivity index (χ0v) is 10.6. The largest absolute Gasteiger partial charge is 0.454 e. The van der Waals surface area contributed by atoms with E-state index in [1.807, 2.05) is 0 Å². The standard InChI is InChI=1S/C13H17N3O3/c17-13(15-9-3-5-14-6-4-9)16-10-1-2-11-12(7-10)19-8-18-11/h1-2,7,9,14H,3-6,8H2,(H2,15,16,17). The number of urea groups is 1. The number of amides is 2. The number of carbonyl (C=O) groups excluding carboxylic acids is 1.